The quantitative estimate of drug-likeness (QED) is 0.557. The van der Waals surface area contributed by atoms with E-state index in [-0.39, 0.29) is 0 Å². The second-order valence-corrected chi connectivity index (χ2v) is 20.8. The molecule has 0 aromatic rings. The van der Waals surface area contributed by atoms with Crippen LogP contribution in [0.4, 0.5) is 0 Å². The van der Waals surface area contributed by atoms with Crippen molar-refractivity contribution in [2.45, 2.75) is 63.7 Å². The summed E-state index contributed by atoms with van der Waals surface area (Å²) in [5.41, 5.74) is 0.541. The molecule has 1 unspecified atom stereocenters. The molecule has 0 saturated carbocycles. The Balaban J connectivity index is 2.96. The summed E-state index contributed by atoms with van der Waals surface area (Å²) in [5.74, 6) is 0. The summed E-state index contributed by atoms with van der Waals surface area (Å²) in [6, 6.07) is 2.89. The Morgan fingerprint density at radius 1 is 1.12 bits per heavy atom. The molecule has 1 saturated heterocycles. The maximum absolute atomic E-state index is 6.36. The van der Waals surface area contributed by atoms with Gasteiger partial charge in [-0.05, 0) is 18.5 Å². The van der Waals surface area contributed by atoms with Crippen LogP contribution in [0.5, 0.6) is 0 Å². The Bertz CT molecular complexity index is 230. The molecule has 0 aromatic carbocycles. The van der Waals surface area contributed by atoms with Crippen molar-refractivity contribution < 1.29 is 0 Å². The third-order valence-corrected chi connectivity index (χ3v) is 17.8. The highest BCUT2D eigenvalue weighted by atomic mass is 35.7. The largest absolute Gasteiger partial charge is 0.343 e. The molecule has 1 rings (SSSR count). The summed E-state index contributed by atoms with van der Waals surface area (Å²) in [4.78, 5) is 0. The Labute approximate surface area is 114 Å². The average molecular weight is 314 g/mol. The van der Waals surface area contributed by atoms with Crippen LogP contribution in [0.25, 0.3) is 0 Å². The molecule has 0 aliphatic carbocycles. The highest BCUT2D eigenvalue weighted by Gasteiger charge is 2.51. The molecule has 0 aromatic heterocycles. The van der Waals surface area contributed by atoms with E-state index >= 15 is 0 Å². The summed E-state index contributed by atoms with van der Waals surface area (Å²) >= 11 is 12.7. The van der Waals surface area contributed by atoms with Crippen molar-refractivity contribution in [3.05, 3.63) is 0 Å². The van der Waals surface area contributed by atoms with E-state index in [2.05, 4.69) is 37.3 Å². The standard InChI is InChI=1S/C10H25Cl2NSi3/c1-6-7-10(14(11)12)13-15(2,3)8-9-16(13,4)5/h10,14H,6-9H2,1-5H3. The van der Waals surface area contributed by atoms with Gasteiger partial charge in [-0.2, -0.15) is 0 Å². The van der Waals surface area contributed by atoms with Crippen molar-refractivity contribution >= 4 is 46.0 Å². The van der Waals surface area contributed by atoms with E-state index in [0.717, 1.165) is 0 Å². The Morgan fingerprint density at radius 3 is 1.88 bits per heavy atom. The van der Waals surface area contributed by atoms with Crippen LogP contribution in [0.2, 0.25) is 38.3 Å². The second-order valence-electron chi connectivity index (χ2n) is 6.19. The molecule has 0 N–H and O–H groups in total. The maximum atomic E-state index is 6.36. The lowest BCUT2D eigenvalue weighted by Crippen LogP contribution is -2.62. The fourth-order valence-corrected chi connectivity index (χ4v) is 24.6. The third kappa shape index (κ3) is 3.14. The van der Waals surface area contributed by atoms with E-state index in [1.165, 1.54) is 24.9 Å². The lowest BCUT2D eigenvalue weighted by atomic mass is 10.3. The highest BCUT2D eigenvalue weighted by Crippen LogP contribution is 2.40. The van der Waals surface area contributed by atoms with Crippen molar-refractivity contribution in [2.24, 2.45) is 0 Å². The lowest BCUT2D eigenvalue weighted by molar-refractivity contribution is 0.526. The van der Waals surface area contributed by atoms with Crippen LogP contribution in [-0.4, -0.2) is 33.8 Å². The van der Waals surface area contributed by atoms with Crippen LogP contribution in [0.1, 0.15) is 19.8 Å². The van der Waals surface area contributed by atoms with Gasteiger partial charge in [0.05, 0.1) is 0 Å². The zero-order chi connectivity index (χ0) is 12.6. The Hall–Kier alpha value is 1.19. The first-order valence-corrected chi connectivity index (χ1v) is 16.8. The van der Waals surface area contributed by atoms with Crippen molar-refractivity contribution in [1.82, 2.24) is 4.23 Å². The fraction of sp³-hybridized carbons (Fsp3) is 1.00. The first-order valence-electron chi connectivity index (χ1n) is 6.30. The number of hydrogen-bond acceptors (Lipinski definition) is 1. The minimum atomic E-state index is -1.58. The van der Waals surface area contributed by atoms with Crippen LogP contribution in [0.3, 0.4) is 0 Å². The highest BCUT2D eigenvalue weighted by molar-refractivity contribution is 7.34. The molecule has 96 valence electrons. The topological polar surface area (TPSA) is 3.24 Å². The SMILES string of the molecule is CCCC(N1[Si](C)(C)CC[Si]1(C)C)[SiH](Cl)Cl. The predicted molar refractivity (Wildman–Crippen MR) is 84.0 cm³/mol. The number of hydrogen-bond donors (Lipinski definition) is 0. The average Bonchev–Trinajstić information content (AvgIpc) is 2.33. The van der Waals surface area contributed by atoms with Gasteiger partial charge in [-0.3, -0.25) is 0 Å². The molecule has 0 bridgehead atoms. The molecule has 1 aliphatic rings. The summed E-state index contributed by atoms with van der Waals surface area (Å²) in [7, 11) is -4.00. The summed E-state index contributed by atoms with van der Waals surface area (Å²) in [6.45, 7) is 12.3. The van der Waals surface area contributed by atoms with Gasteiger partial charge in [0.2, 0.25) is 0 Å². The number of rotatable bonds is 4. The molecule has 0 spiro atoms. The van der Waals surface area contributed by atoms with Gasteiger partial charge in [-0.1, -0.05) is 39.5 Å². The molecule has 6 heteroatoms. The second kappa shape index (κ2) is 5.45. The van der Waals surface area contributed by atoms with Gasteiger partial charge >= 0.3 is 0 Å². The smallest absolute Gasteiger partial charge is 0.252 e. The van der Waals surface area contributed by atoms with E-state index < -0.39 is 23.9 Å². The minimum absolute atomic E-state index is 0.541. The first-order chi connectivity index (χ1) is 7.22. The monoisotopic (exact) mass is 313 g/mol. The van der Waals surface area contributed by atoms with E-state index in [4.69, 9.17) is 22.2 Å². The third-order valence-electron chi connectivity index (χ3n) is 3.86. The molecule has 1 atom stereocenters. The van der Waals surface area contributed by atoms with Crippen LogP contribution < -0.4 is 0 Å². The van der Waals surface area contributed by atoms with Gasteiger partial charge in [0.1, 0.15) is 16.5 Å². The van der Waals surface area contributed by atoms with Crippen molar-refractivity contribution in [2.75, 3.05) is 0 Å². The Morgan fingerprint density at radius 2 is 1.56 bits per heavy atom. The zero-order valence-corrected chi connectivity index (χ0v) is 15.9. The summed E-state index contributed by atoms with van der Waals surface area (Å²) in [5, 5.41) is 0. The zero-order valence-electron chi connectivity index (χ0n) is 11.2. The van der Waals surface area contributed by atoms with Crippen LogP contribution in [0.15, 0.2) is 0 Å². The van der Waals surface area contributed by atoms with Crippen molar-refractivity contribution in [1.29, 1.82) is 0 Å². The first kappa shape index (κ1) is 15.2. The number of halogens is 2. The molecule has 1 nitrogen and oxygen atoms in total. The van der Waals surface area contributed by atoms with Gasteiger partial charge in [0.15, 0.2) is 0 Å². The Kier molecular flexibility index (Phi) is 5.19. The molecular weight excluding hydrogens is 289 g/mol. The van der Waals surface area contributed by atoms with Gasteiger partial charge in [-0.15, -0.1) is 22.2 Å². The van der Waals surface area contributed by atoms with Crippen molar-refractivity contribution in [3.63, 3.8) is 0 Å². The number of nitrogens with zero attached hydrogens (tertiary/aromatic N) is 1. The van der Waals surface area contributed by atoms with Gasteiger partial charge in [0, 0.05) is 5.67 Å². The molecule has 16 heavy (non-hydrogen) atoms. The summed E-state index contributed by atoms with van der Waals surface area (Å²) < 4.78 is 2.89. The molecule has 1 heterocycles. The molecule has 1 fully saturated rings. The van der Waals surface area contributed by atoms with Gasteiger partial charge < -0.3 is 4.23 Å². The van der Waals surface area contributed by atoms with E-state index in [1.54, 1.807) is 0 Å². The van der Waals surface area contributed by atoms with E-state index in [9.17, 15) is 0 Å². The van der Waals surface area contributed by atoms with E-state index in [1.807, 2.05) is 0 Å². The van der Waals surface area contributed by atoms with Gasteiger partial charge in [-0.25, -0.2) is 0 Å². The summed E-state index contributed by atoms with van der Waals surface area (Å²) in [6.07, 6.45) is 2.41. The van der Waals surface area contributed by atoms with Gasteiger partial charge in [0.25, 0.3) is 7.42 Å². The van der Waals surface area contributed by atoms with Crippen molar-refractivity contribution in [3.8, 4) is 0 Å². The predicted octanol–water partition coefficient (Wildman–Crippen LogP) is 4.12. The lowest BCUT2D eigenvalue weighted by Gasteiger charge is -2.45. The van der Waals surface area contributed by atoms with E-state index in [0.29, 0.717) is 5.67 Å². The fourth-order valence-electron chi connectivity index (χ4n) is 3.23. The molecule has 0 radical (unpaired) electrons. The van der Waals surface area contributed by atoms with Crippen LogP contribution in [-0.2, 0) is 0 Å². The molecular formula is C10H25Cl2NSi3. The van der Waals surface area contributed by atoms with Crippen LogP contribution in [0, 0.1) is 0 Å². The minimum Gasteiger partial charge on any atom is -0.343 e. The van der Waals surface area contributed by atoms with Crippen LogP contribution >= 0.6 is 22.2 Å². The molecule has 0 amide bonds. The normalized spacial score (nSPS) is 26.2. The molecule has 1 aliphatic heterocycles. The maximum Gasteiger partial charge on any atom is 0.252 e.